The Morgan fingerprint density at radius 1 is 1.10 bits per heavy atom. The summed E-state index contributed by atoms with van der Waals surface area (Å²) in [5, 5.41) is 13.6. The van der Waals surface area contributed by atoms with E-state index in [4.69, 9.17) is 0 Å². The van der Waals surface area contributed by atoms with Crippen molar-refractivity contribution in [3.63, 3.8) is 0 Å². The Balaban J connectivity index is 1.89. The van der Waals surface area contributed by atoms with Gasteiger partial charge in [0, 0.05) is 17.3 Å². The van der Waals surface area contributed by atoms with Crippen LogP contribution in [0.15, 0.2) is 47.6 Å². The molecule has 2 heterocycles. The van der Waals surface area contributed by atoms with Crippen LogP contribution in [0.1, 0.15) is 36.7 Å². The van der Waals surface area contributed by atoms with Crippen LogP contribution in [0.5, 0.6) is 0 Å². The first-order chi connectivity index (χ1) is 13.5. The van der Waals surface area contributed by atoms with Crippen molar-refractivity contribution in [1.82, 2.24) is 20.5 Å². The van der Waals surface area contributed by atoms with Gasteiger partial charge in [-0.15, -0.1) is 0 Å². The van der Waals surface area contributed by atoms with Gasteiger partial charge in [-0.05, 0) is 57.2 Å². The summed E-state index contributed by atoms with van der Waals surface area (Å²) in [5.41, 5.74) is -0.697. The number of pyridine rings is 1. The number of nitrogens with zero attached hydrogens (tertiary/aromatic N) is 3. The molecular formula is C19H19F3N6O. The highest BCUT2D eigenvalue weighted by molar-refractivity contribution is 6.08. The first-order valence-electron chi connectivity index (χ1n) is 8.67. The summed E-state index contributed by atoms with van der Waals surface area (Å²) in [6.45, 7) is 5.62. The molecule has 0 aliphatic heterocycles. The molecule has 0 unspecified atom stereocenters. The lowest BCUT2D eigenvalue weighted by Gasteiger charge is -2.23. The highest BCUT2D eigenvalue weighted by Gasteiger charge is 2.30. The molecule has 0 aliphatic carbocycles. The van der Waals surface area contributed by atoms with E-state index < -0.39 is 23.2 Å². The molecule has 0 aliphatic rings. The predicted molar refractivity (Wildman–Crippen MR) is 104 cm³/mol. The topological polar surface area (TPSA) is 95.1 Å². The first-order valence-corrected chi connectivity index (χ1v) is 8.67. The van der Waals surface area contributed by atoms with E-state index in [1.54, 1.807) is 18.3 Å². The molecule has 152 valence electrons. The lowest BCUT2D eigenvalue weighted by molar-refractivity contribution is -0.137. The summed E-state index contributed by atoms with van der Waals surface area (Å²) in [4.78, 5) is 20.7. The van der Waals surface area contributed by atoms with E-state index in [-0.39, 0.29) is 11.5 Å². The van der Waals surface area contributed by atoms with Crippen LogP contribution >= 0.6 is 0 Å². The van der Waals surface area contributed by atoms with E-state index >= 15 is 0 Å². The number of carbonyl (C=O) groups excluding carboxylic acids is 1. The van der Waals surface area contributed by atoms with Gasteiger partial charge in [-0.2, -0.15) is 23.3 Å². The first kappa shape index (κ1) is 20.3. The quantitative estimate of drug-likeness (QED) is 0.444. The number of halogens is 3. The van der Waals surface area contributed by atoms with Crippen LogP contribution in [0.2, 0.25) is 0 Å². The number of alkyl halides is 3. The van der Waals surface area contributed by atoms with Gasteiger partial charge in [-0.1, -0.05) is 0 Å². The minimum atomic E-state index is -4.47. The van der Waals surface area contributed by atoms with Crippen molar-refractivity contribution in [2.45, 2.75) is 32.5 Å². The van der Waals surface area contributed by atoms with Crippen molar-refractivity contribution >= 4 is 28.7 Å². The average Bonchev–Trinajstić information content (AvgIpc) is 3.03. The fourth-order valence-electron chi connectivity index (χ4n) is 2.47. The van der Waals surface area contributed by atoms with Gasteiger partial charge in [-0.25, -0.2) is 4.98 Å². The van der Waals surface area contributed by atoms with Gasteiger partial charge in [-0.3, -0.25) is 9.89 Å². The molecule has 29 heavy (non-hydrogen) atoms. The number of aromatic amines is 1. The molecule has 0 radical (unpaired) electrons. The van der Waals surface area contributed by atoms with E-state index in [1.807, 2.05) is 20.8 Å². The number of rotatable bonds is 2. The Hall–Kier alpha value is -3.43. The van der Waals surface area contributed by atoms with E-state index in [0.29, 0.717) is 16.9 Å². The highest BCUT2D eigenvalue weighted by atomic mass is 19.4. The van der Waals surface area contributed by atoms with Crippen molar-refractivity contribution in [2.24, 2.45) is 4.99 Å². The third kappa shape index (κ3) is 5.09. The standard InChI is InChI=1S/C19H19F3N6O/c1-18(2,3)26-17(24-15-13-5-4-10-23-14(13)27-28-15)25-16(29)11-6-8-12(9-7-11)19(20,21)22/h4-10H,1-3H3,(H3,23,24,25,26,27,28,29). The summed E-state index contributed by atoms with van der Waals surface area (Å²) in [5.74, 6) is -0.181. The number of hydrogen-bond donors (Lipinski definition) is 3. The molecule has 2 aromatic heterocycles. The predicted octanol–water partition coefficient (Wildman–Crippen LogP) is 3.97. The molecule has 0 saturated heterocycles. The fraction of sp³-hybridized carbons (Fsp3) is 0.263. The van der Waals surface area contributed by atoms with Crippen LogP contribution < -0.4 is 10.6 Å². The number of guanidine groups is 1. The van der Waals surface area contributed by atoms with Gasteiger partial charge in [0.2, 0.25) is 5.96 Å². The van der Waals surface area contributed by atoms with Crippen molar-refractivity contribution in [3.05, 3.63) is 53.7 Å². The second-order valence-electron chi connectivity index (χ2n) is 7.31. The molecule has 0 atom stereocenters. The number of hydrogen-bond acceptors (Lipinski definition) is 3. The Labute approximate surface area is 164 Å². The molecule has 7 nitrogen and oxygen atoms in total. The number of aromatic nitrogens is 3. The maximum Gasteiger partial charge on any atom is 0.416 e. The van der Waals surface area contributed by atoms with Gasteiger partial charge in [0.1, 0.15) is 0 Å². The lowest BCUT2D eigenvalue weighted by Crippen LogP contribution is -2.44. The summed E-state index contributed by atoms with van der Waals surface area (Å²) in [7, 11) is 0. The van der Waals surface area contributed by atoms with Crippen LogP contribution in [0, 0.1) is 0 Å². The van der Waals surface area contributed by atoms with Crippen molar-refractivity contribution in [3.8, 4) is 0 Å². The Bertz CT molecular complexity index is 1050. The highest BCUT2D eigenvalue weighted by Crippen LogP contribution is 2.29. The monoisotopic (exact) mass is 404 g/mol. The van der Waals surface area contributed by atoms with Crippen LogP contribution in [0.4, 0.5) is 19.0 Å². The molecule has 3 aromatic rings. The molecule has 0 saturated carbocycles. The maximum absolute atomic E-state index is 12.7. The average molecular weight is 404 g/mol. The minimum Gasteiger partial charge on any atom is -0.351 e. The van der Waals surface area contributed by atoms with E-state index in [2.05, 4.69) is 30.8 Å². The second-order valence-corrected chi connectivity index (χ2v) is 7.31. The minimum absolute atomic E-state index is 0.0292. The fourth-order valence-corrected chi connectivity index (χ4v) is 2.47. The number of benzene rings is 1. The SMILES string of the molecule is CC(C)(C)N/C(=N/C(=O)c1ccc(C(F)(F)F)cc1)Nc1n[nH]c2ncccc12. The molecule has 0 spiro atoms. The normalized spacial score (nSPS) is 12.8. The molecule has 1 amide bonds. The number of aliphatic imine (C=N–C) groups is 1. The van der Waals surface area contributed by atoms with Crippen LogP contribution in [-0.4, -0.2) is 32.6 Å². The Morgan fingerprint density at radius 3 is 2.41 bits per heavy atom. The Morgan fingerprint density at radius 2 is 1.79 bits per heavy atom. The van der Waals surface area contributed by atoms with Crippen LogP contribution in [-0.2, 0) is 6.18 Å². The zero-order valence-electron chi connectivity index (χ0n) is 15.9. The summed E-state index contributed by atoms with van der Waals surface area (Å²) >= 11 is 0. The summed E-state index contributed by atoms with van der Waals surface area (Å²) < 4.78 is 38.1. The zero-order chi connectivity index (χ0) is 21.2. The van der Waals surface area contributed by atoms with Gasteiger partial charge in [0.15, 0.2) is 11.5 Å². The molecule has 3 N–H and O–H groups in total. The second kappa shape index (κ2) is 7.53. The molecule has 0 fully saturated rings. The third-order valence-electron chi connectivity index (χ3n) is 3.74. The molecule has 1 aromatic carbocycles. The number of H-pyrrole nitrogens is 1. The molecular weight excluding hydrogens is 385 g/mol. The number of anilines is 1. The van der Waals surface area contributed by atoms with Crippen molar-refractivity contribution in [1.29, 1.82) is 0 Å². The number of nitrogens with one attached hydrogen (secondary N) is 3. The van der Waals surface area contributed by atoms with E-state index in [1.165, 1.54) is 0 Å². The number of amides is 1. The lowest BCUT2D eigenvalue weighted by atomic mass is 10.1. The van der Waals surface area contributed by atoms with Gasteiger partial charge >= 0.3 is 6.18 Å². The summed E-state index contributed by atoms with van der Waals surface area (Å²) in [6.07, 6.45) is -2.86. The largest absolute Gasteiger partial charge is 0.416 e. The molecule has 0 bridgehead atoms. The molecule has 10 heteroatoms. The molecule has 3 rings (SSSR count). The van der Waals surface area contributed by atoms with Crippen molar-refractivity contribution < 1.29 is 18.0 Å². The van der Waals surface area contributed by atoms with Gasteiger partial charge < -0.3 is 10.6 Å². The van der Waals surface area contributed by atoms with Gasteiger partial charge in [0.05, 0.1) is 10.9 Å². The van der Waals surface area contributed by atoms with E-state index in [9.17, 15) is 18.0 Å². The zero-order valence-corrected chi connectivity index (χ0v) is 15.9. The van der Waals surface area contributed by atoms with Crippen LogP contribution in [0.3, 0.4) is 0 Å². The third-order valence-corrected chi connectivity index (χ3v) is 3.74. The maximum atomic E-state index is 12.7. The van der Waals surface area contributed by atoms with Crippen LogP contribution in [0.25, 0.3) is 11.0 Å². The Kier molecular flexibility index (Phi) is 5.27. The number of carbonyl (C=O) groups is 1. The van der Waals surface area contributed by atoms with Gasteiger partial charge in [0.25, 0.3) is 5.91 Å². The summed E-state index contributed by atoms with van der Waals surface area (Å²) in [6, 6.07) is 7.42. The number of fused-ring (bicyclic) bond motifs is 1. The van der Waals surface area contributed by atoms with Crippen molar-refractivity contribution in [2.75, 3.05) is 5.32 Å². The smallest absolute Gasteiger partial charge is 0.351 e. The van der Waals surface area contributed by atoms with E-state index in [0.717, 1.165) is 24.3 Å².